The van der Waals surface area contributed by atoms with Crippen molar-refractivity contribution in [1.82, 2.24) is 0 Å². The van der Waals surface area contributed by atoms with Gasteiger partial charge in [-0.2, -0.15) is 17.6 Å². The minimum absolute atomic E-state index is 0.0385. The number of allylic oxidation sites excluding steroid dienone is 2. The molecular weight excluding hydrogens is 277 g/mol. The van der Waals surface area contributed by atoms with Gasteiger partial charge in [0.1, 0.15) is 0 Å². The van der Waals surface area contributed by atoms with Crippen LogP contribution < -0.4 is 0 Å². The molecule has 2 fully saturated rings. The summed E-state index contributed by atoms with van der Waals surface area (Å²) in [5.41, 5.74) is -12.4. The summed E-state index contributed by atoms with van der Waals surface area (Å²) in [5, 5.41) is 0. The molecule has 0 saturated heterocycles. The molecular formula is C12H11F7. The van der Waals surface area contributed by atoms with E-state index in [1.807, 2.05) is 0 Å². The molecule has 5 atom stereocenters. The fourth-order valence-corrected chi connectivity index (χ4v) is 3.93. The Hall–Kier alpha value is -0.750. The van der Waals surface area contributed by atoms with Crippen LogP contribution in [0.1, 0.15) is 19.8 Å². The van der Waals surface area contributed by atoms with E-state index in [-0.39, 0.29) is 19.8 Å². The topological polar surface area (TPSA) is 0 Å². The number of rotatable bonds is 0. The standard InChI is InChI=1S/C12H11F7/c1-8(13)9(14)6-2-4-7(5-3-6)10(9,15)12(18,19)11(8,16)17/h2,4,6-7H,3,5H2,1H3. The molecule has 4 rings (SSSR count). The Balaban J connectivity index is 2.36. The highest BCUT2D eigenvalue weighted by atomic mass is 19.3. The molecule has 0 aromatic carbocycles. The van der Waals surface area contributed by atoms with Gasteiger partial charge in [-0.3, -0.25) is 0 Å². The summed E-state index contributed by atoms with van der Waals surface area (Å²) in [5.74, 6) is -14.1. The van der Waals surface area contributed by atoms with E-state index in [4.69, 9.17) is 0 Å². The molecule has 0 amide bonds. The van der Waals surface area contributed by atoms with Crippen molar-refractivity contribution in [2.75, 3.05) is 0 Å². The predicted molar refractivity (Wildman–Crippen MR) is 52.4 cm³/mol. The van der Waals surface area contributed by atoms with E-state index < -0.39 is 40.7 Å². The first kappa shape index (κ1) is 13.2. The molecule has 0 aliphatic heterocycles. The zero-order valence-electron chi connectivity index (χ0n) is 9.87. The fraction of sp³-hybridized carbons (Fsp3) is 0.833. The second-order valence-electron chi connectivity index (χ2n) is 5.75. The summed E-state index contributed by atoms with van der Waals surface area (Å²) in [6, 6.07) is 0. The Morgan fingerprint density at radius 1 is 0.737 bits per heavy atom. The summed E-state index contributed by atoms with van der Waals surface area (Å²) in [6.45, 7) is 0.0385. The van der Waals surface area contributed by atoms with Crippen LogP contribution in [0.2, 0.25) is 0 Å². The quantitative estimate of drug-likeness (QED) is 0.466. The molecule has 19 heavy (non-hydrogen) atoms. The fourth-order valence-electron chi connectivity index (χ4n) is 3.93. The molecule has 7 heteroatoms. The molecule has 2 bridgehead atoms. The molecule has 0 radical (unpaired) electrons. The van der Waals surface area contributed by atoms with Crippen LogP contribution in [0.3, 0.4) is 0 Å². The molecule has 108 valence electrons. The molecule has 2 saturated carbocycles. The average Bonchev–Trinajstić information content (AvgIpc) is 2.40. The van der Waals surface area contributed by atoms with Gasteiger partial charge < -0.3 is 0 Å². The van der Waals surface area contributed by atoms with E-state index in [1.165, 1.54) is 0 Å². The van der Waals surface area contributed by atoms with Crippen LogP contribution in [-0.4, -0.2) is 28.9 Å². The number of alkyl halides is 7. The Morgan fingerprint density at radius 2 is 1.16 bits per heavy atom. The van der Waals surface area contributed by atoms with Crippen molar-refractivity contribution in [2.24, 2.45) is 11.8 Å². The van der Waals surface area contributed by atoms with Crippen LogP contribution in [0.25, 0.3) is 0 Å². The van der Waals surface area contributed by atoms with Crippen LogP contribution in [0.15, 0.2) is 12.2 Å². The van der Waals surface area contributed by atoms with Crippen LogP contribution in [0.5, 0.6) is 0 Å². The number of halogens is 7. The van der Waals surface area contributed by atoms with Crippen LogP contribution in [0, 0.1) is 11.8 Å². The van der Waals surface area contributed by atoms with E-state index in [1.54, 1.807) is 0 Å². The first-order valence-corrected chi connectivity index (χ1v) is 5.97. The van der Waals surface area contributed by atoms with E-state index in [2.05, 4.69) is 0 Å². The lowest BCUT2D eigenvalue weighted by atomic mass is 9.57. The summed E-state index contributed by atoms with van der Waals surface area (Å²) < 4.78 is 98.7. The second kappa shape index (κ2) is 2.96. The van der Waals surface area contributed by atoms with Gasteiger partial charge >= 0.3 is 11.8 Å². The minimum Gasteiger partial charge on any atom is -0.236 e. The van der Waals surface area contributed by atoms with Crippen molar-refractivity contribution in [1.29, 1.82) is 0 Å². The highest BCUT2D eigenvalue weighted by molar-refractivity contribution is 5.41. The van der Waals surface area contributed by atoms with Crippen LogP contribution in [0.4, 0.5) is 30.7 Å². The molecule has 0 nitrogen and oxygen atoms in total. The Bertz CT molecular complexity index is 429. The highest BCUT2D eigenvalue weighted by Gasteiger charge is 2.98. The smallest absolute Gasteiger partial charge is 0.236 e. The third-order valence-electron chi connectivity index (χ3n) is 5.04. The highest BCUT2D eigenvalue weighted by Crippen LogP contribution is 2.75. The monoisotopic (exact) mass is 288 g/mol. The van der Waals surface area contributed by atoms with Crippen molar-refractivity contribution < 1.29 is 30.7 Å². The molecule has 0 N–H and O–H groups in total. The normalized spacial score (nSPS) is 57.3. The first-order valence-electron chi connectivity index (χ1n) is 5.97. The Morgan fingerprint density at radius 3 is 1.53 bits per heavy atom. The summed E-state index contributed by atoms with van der Waals surface area (Å²) in [6.07, 6.45) is 1.71. The molecule has 0 spiro atoms. The van der Waals surface area contributed by atoms with E-state index in [0.29, 0.717) is 0 Å². The van der Waals surface area contributed by atoms with Crippen molar-refractivity contribution in [3.05, 3.63) is 12.2 Å². The maximum Gasteiger partial charge on any atom is 0.350 e. The number of hydrogen-bond acceptors (Lipinski definition) is 0. The molecule has 0 aromatic rings. The summed E-state index contributed by atoms with van der Waals surface area (Å²) in [4.78, 5) is 0. The molecule has 4 aliphatic carbocycles. The zero-order valence-corrected chi connectivity index (χ0v) is 9.87. The van der Waals surface area contributed by atoms with Crippen molar-refractivity contribution in [2.45, 2.75) is 48.6 Å². The van der Waals surface area contributed by atoms with Gasteiger partial charge in [0, 0.05) is 11.8 Å². The maximum absolute atomic E-state index is 14.8. The van der Waals surface area contributed by atoms with Gasteiger partial charge in [-0.1, -0.05) is 12.2 Å². The Labute approximate surface area is 104 Å². The van der Waals surface area contributed by atoms with Crippen LogP contribution in [-0.2, 0) is 0 Å². The predicted octanol–water partition coefficient (Wildman–Crippen LogP) is 4.01. The number of hydrogen-bond donors (Lipinski definition) is 0. The van der Waals surface area contributed by atoms with E-state index >= 15 is 0 Å². The van der Waals surface area contributed by atoms with Crippen molar-refractivity contribution in [3.63, 3.8) is 0 Å². The van der Waals surface area contributed by atoms with Gasteiger partial charge in [0.15, 0.2) is 5.67 Å². The SMILES string of the molecule is CC1(F)C(F)(F)C(F)(F)C2(F)C3C=CC(CC3)C12F. The maximum atomic E-state index is 14.8. The third kappa shape index (κ3) is 0.914. The second-order valence-corrected chi connectivity index (χ2v) is 5.75. The van der Waals surface area contributed by atoms with Crippen LogP contribution >= 0.6 is 0 Å². The lowest BCUT2D eigenvalue weighted by Gasteiger charge is -2.52. The number of fused-ring (bicyclic) bond motifs is 1. The van der Waals surface area contributed by atoms with E-state index in [0.717, 1.165) is 12.2 Å². The molecule has 0 heterocycles. The first-order chi connectivity index (χ1) is 8.46. The van der Waals surface area contributed by atoms with Crippen molar-refractivity contribution >= 4 is 0 Å². The van der Waals surface area contributed by atoms with Gasteiger partial charge in [0.25, 0.3) is 0 Å². The van der Waals surface area contributed by atoms with Gasteiger partial charge in [0.2, 0.25) is 11.3 Å². The Kier molecular flexibility index (Phi) is 2.06. The van der Waals surface area contributed by atoms with Gasteiger partial charge in [-0.25, -0.2) is 13.2 Å². The molecule has 4 aliphatic rings. The van der Waals surface area contributed by atoms with Gasteiger partial charge in [-0.15, -0.1) is 0 Å². The third-order valence-corrected chi connectivity index (χ3v) is 5.04. The van der Waals surface area contributed by atoms with Gasteiger partial charge in [0.05, 0.1) is 0 Å². The average molecular weight is 288 g/mol. The molecule has 5 unspecified atom stereocenters. The van der Waals surface area contributed by atoms with E-state index in [9.17, 15) is 30.7 Å². The minimum atomic E-state index is -5.39. The summed E-state index contributed by atoms with van der Waals surface area (Å²) >= 11 is 0. The largest absolute Gasteiger partial charge is 0.350 e. The lowest BCUT2D eigenvalue weighted by molar-refractivity contribution is -0.270. The summed E-state index contributed by atoms with van der Waals surface area (Å²) in [7, 11) is 0. The van der Waals surface area contributed by atoms with Gasteiger partial charge in [-0.05, 0) is 19.8 Å². The zero-order chi connectivity index (χ0) is 14.5. The molecule has 0 aromatic heterocycles. The lowest BCUT2D eigenvalue weighted by Crippen LogP contribution is -2.68. The van der Waals surface area contributed by atoms with Crippen molar-refractivity contribution in [3.8, 4) is 0 Å².